The molecule has 1 amide bonds. The number of carbonyl (C=O) groups excluding carboxylic acids is 1. The van der Waals surface area contributed by atoms with Crippen molar-refractivity contribution in [3.05, 3.63) is 0 Å². The SMILES string of the molecule is COCCOCC1(CNC(=O)C2CCCC2)CC(O)C(O)C1. The fraction of sp³-hybridized carbons (Fsp3) is 0.938. The first-order valence-corrected chi connectivity index (χ1v) is 8.27. The van der Waals surface area contributed by atoms with Crippen molar-refractivity contribution in [3.8, 4) is 0 Å². The predicted octanol–water partition coefficient (Wildman–Crippen LogP) is 0.458. The molecule has 0 radical (unpaired) electrons. The number of nitrogens with one attached hydrogen (secondary N) is 1. The van der Waals surface area contributed by atoms with Gasteiger partial charge in [0.1, 0.15) is 0 Å². The molecule has 2 unspecified atom stereocenters. The molecule has 2 fully saturated rings. The van der Waals surface area contributed by atoms with E-state index in [1.807, 2.05) is 0 Å². The average molecular weight is 315 g/mol. The molecule has 2 atom stereocenters. The first-order valence-electron chi connectivity index (χ1n) is 8.27. The van der Waals surface area contributed by atoms with Crippen molar-refractivity contribution in [2.75, 3.05) is 33.5 Å². The van der Waals surface area contributed by atoms with Crippen LogP contribution in [0.5, 0.6) is 0 Å². The molecule has 0 heterocycles. The number of methoxy groups -OCH3 is 1. The van der Waals surface area contributed by atoms with E-state index in [2.05, 4.69) is 5.32 Å². The van der Waals surface area contributed by atoms with E-state index in [9.17, 15) is 15.0 Å². The normalized spacial score (nSPS) is 32.5. The van der Waals surface area contributed by atoms with Crippen LogP contribution in [0.1, 0.15) is 38.5 Å². The van der Waals surface area contributed by atoms with Crippen LogP contribution in [0.25, 0.3) is 0 Å². The quantitative estimate of drug-likeness (QED) is 0.566. The van der Waals surface area contributed by atoms with E-state index >= 15 is 0 Å². The largest absolute Gasteiger partial charge is 0.390 e. The second-order valence-corrected chi connectivity index (χ2v) is 6.79. The Bertz CT molecular complexity index is 346. The Balaban J connectivity index is 1.85. The summed E-state index contributed by atoms with van der Waals surface area (Å²) < 4.78 is 10.6. The molecular formula is C16H29NO5. The van der Waals surface area contributed by atoms with Gasteiger partial charge in [0.25, 0.3) is 0 Å². The van der Waals surface area contributed by atoms with Crippen LogP contribution in [0.2, 0.25) is 0 Å². The van der Waals surface area contributed by atoms with Crippen molar-refractivity contribution in [3.63, 3.8) is 0 Å². The van der Waals surface area contributed by atoms with Crippen molar-refractivity contribution < 1.29 is 24.5 Å². The number of rotatable bonds is 8. The number of aliphatic hydroxyl groups is 2. The molecule has 0 aliphatic heterocycles. The van der Waals surface area contributed by atoms with Crippen LogP contribution in [0.15, 0.2) is 0 Å². The Morgan fingerprint density at radius 2 is 1.82 bits per heavy atom. The molecular weight excluding hydrogens is 286 g/mol. The highest BCUT2D eigenvalue weighted by Gasteiger charge is 2.44. The summed E-state index contributed by atoms with van der Waals surface area (Å²) in [6.45, 7) is 1.84. The van der Waals surface area contributed by atoms with E-state index in [0.29, 0.717) is 39.2 Å². The maximum absolute atomic E-state index is 12.2. The number of amides is 1. The highest BCUT2D eigenvalue weighted by atomic mass is 16.5. The minimum Gasteiger partial charge on any atom is -0.390 e. The third-order valence-electron chi connectivity index (χ3n) is 4.93. The number of carbonyl (C=O) groups is 1. The van der Waals surface area contributed by atoms with Crippen molar-refractivity contribution in [2.24, 2.45) is 11.3 Å². The maximum atomic E-state index is 12.2. The van der Waals surface area contributed by atoms with E-state index in [1.54, 1.807) is 7.11 Å². The van der Waals surface area contributed by atoms with E-state index < -0.39 is 12.2 Å². The zero-order valence-electron chi connectivity index (χ0n) is 13.4. The summed E-state index contributed by atoms with van der Waals surface area (Å²) in [6, 6.07) is 0. The number of aliphatic hydroxyl groups excluding tert-OH is 2. The summed E-state index contributed by atoms with van der Waals surface area (Å²) >= 11 is 0. The van der Waals surface area contributed by atoms with Crippen LogP contribution >= 0.6 is 0 Å². The van der Waals surface area contributed by atoms with Gasteiger partial charge in [-0.15, -0.1) is 0 Å². The highest BCUT2D eigenvalue weighted by molar-refractivity contribution is 5.78. The Hall–Kier alpha value is -0.690. The van der Waals surface area contributed by atoms with Gasteiger partial charge in [-0.1, -0.05) is 12.8 Å². The van der Waals surface area contributed by atoms with Crippen LogP contribution in [0.4, 0.5) is 0 Å². The lowest BCUT2D eigenvalue weighted by Gasteiger charge is -2.29. The molecule has 2 rings (SSSR count). The van der Waals surface area contributed by atoms with Gasteiger partial charge in [-0.05, 0) is 25.7 Å². The van der Waals surface area contributed by atoms with Gasteiger partial charge < -0.3 is 25.0 Å². The number of hydrogen-bond donors (Lipinski definition) is 3. The van der Waals surface area contributed by atoms with Crippen molar-refractivity contribution >= 4 is 5.91 Å². The van der Waals surface area contributed by atoms with Gasteiger partial charge in [-0.3, -0.25) is 4.79 Å². The molecule has 128 valence electrons. The van der Waals surface area contributed by atoms with Gasteiger partial charge in [0, 0.05) is 25.0 Å². The molecule has 0 aromatic heterocycles. The lowest BCUT2D eigenvalue weighted by Crippen LogP contribution is -2.41. The first-order chi connectivity index (χ1) is 10.6. The molecule has 0 saturated heterocycles. The van der Waals surface area contributed by atoms with Crippen LogP contribution in [-0.2, 0) is 14.3 Å². The standard InChI is InChI=1S/C16H29NO5/c1-21-6-7-22-11-16(8-13(18)14(19)9-16)10-17-15(20)12-4-2-3-5-12/h12-14,18-19H,2-11H2,1H3,(H,17,20). The van der Waals surface area contributed by atoms with Crippen molar-refractivity contribution in [1.82, 2.24) is 5.32 Å². The molecule has 6 heteroatoms. The number of ether oxygens (including phenoxy) is 2. The fourth-order valence-electron chi connectivity index (χ4n) is 3.59. The van der Waals surface area contributed by atoms with Crippen LogP contribution in [0, 0.1) is 11.3 Å². The Kier molecular flexibility index (Phi) is 6.62. The highest BCUT2D eigenvalue weighted by Crippen LogP contribution is 2.38. The molecule has 0 spiro atoms. The smallest absolute Gasteiger partial charge is 0.223 e. The van der Waals surface area contributed by atoms with Gasteiger partial charge in [0.2, 0.25) is 5.91 Å². The van der Waals surface area contributed by atoms with E-state index in [1.165, 1.54) is 0 Å². The monoisotopic (exact) mass is 315 g/mol. The minimum absolute atomic E-state index is 0.102. The van der Waals surface area contributed by atoms with Gasteiger partial charge in [0.05, 0.1) is 32.0 Å². The first kappa shape index (κ1) is 17.7. The summed E-state index contributed by atoms with van der Waals surface area (Å²) in [7, 11) is 1.62. The van der Waals surface area contributed by atoms with Crippen LogP contribution in [-0.4, -0.2) is 61.8 Å². The Morgan fingerprint density at radius 3 is 2.41 bits per heavy atom. The molecule has 2 aliphatic rings. The summed E-state index contributed by atoms with van der Waals surface area (Å²) in [5, 5.41) is 22.8. The second kappa shape index (κ2) is 8.24. The third-order valence-corrected chi connectivity index (χ3v) is 4.93. The lowest BCUT2D eigenvalue weighted by atomic mass is 9.86. The van der Waals surface area contributed by atoms with Gasteiger partial charge in [-0.25, -0.2) is 0 Å². The predicted molar refractivity (Wildman–Crippen MR) is 81.3 cm³/mol. The minimum atomic E-state index is -0.741. The lowest BCUT2D eigenvalue weighted by molar-refractivity contribution is -0.125. The van der Waals surface area contributed by atoms with Crippen molar-refractivity contribution in [2.45, 2.75) is 50.7 Å². The molecule has 6 nitrogen and oxygen atoms in total. The molecule has 22 heavy (non-hydrogen) atoms. The van der Waals surface area contributed by atoms with E-state index in [4.69, 9.17) is 9.47 Å². The second-order valence-electron chi connectivity index (χ2n) is 6.79. The van der Waals surface area contributed by atoms with Gasteiger partial charge >= 0.3 is 0 Å². The molecule has 0 bridgehead atoms. The molecule has 3 N–H and O–H groups in total. The van der Waals surface area contributed by atoms with E-state index in [0.717, 1.165) is 25.7 Å². The fourth-order valence-corrected chi connectivity index (χ4v) is 3.59. The van der Waals surface area contributed by atoms with Crippen LogP contribution < -0.4 is 5.32 Å². The summed E-state index contributed by atoms with van der Waals surface area (Å²) in [5.41, 5.74) is -0.388. The van der Waals surface area contributed by atoms with Gasteiger partial charge in [0.15, 0.2) is 0 Å². The Morgan fingerprint density at radius 1 is 1.18 bits per heavy atom. The third kappa shape index (κ3) is 4.65. The zero-order valence-corrected chi connectivity index (χ0v) is 13.4. The average Bonchev–Trinajstić information content (AvgIpc) is 3.11. The number of hydrogen-bond acceptors (Lipinski definition) is 5. The van der Waals surface area contributed by atoms with Gasteiger partial charge in [-0.2, -0.15) is 0 Å². The summed E-state index contributed by atoms with van der Waals surface area (Å²) in [4.78, 5) is 12.2. The van der Waals surface area contributed by atoms with E-state index in [-0.39, 0.29) is 17.2 Å². The Labute approximate surface area is 132 Å². The zero-order chi connectivity index (χ0) is 16.0. The topological polar surface area (TPSA) is 88.0 Å². The maximum Gasteiger partial charge on any atom is 0.223 e. The molecule has 0 aromatic rings. The molecule has 2 saturated carbocycles. The van der Waals surface area contributed by atoms with Crippen LogP contribution in [0.3, 0.4) is 0 Å². The molecule has 2 aliphatic carbocycles. The summed E-state index contributed by atoms with van der Waals surface area (Å²) in [5.74, 6) is 0.229. The summed E-state index contributed by atoms with van der Waals surface area (Å²) in [6.07, 6.45) is 3.60. The van der Waals surface area contributed by atoms with Crippen molar-refractivity contribution in [1.29, 1.82) is 0 Å². The molecule has 0 aromatic carbocycles.